The Hall–Kier alpha value is -2.62. The monoisotopic (exact) mass is 506 g/mol. The lowest BCUT2D eigenvalue weighted by Gasteiger charge is -2.14. The van der Waals surface area contributed by atoms with E-state index in [0.717, 1.165) is 54.4 Å². The molecule has 0 radical (unpaired) electrons. The molecule has 2 aromatic rings. The van der Waals surface area contributed by atoms with Crippen molar-refractivity contribution in [1.29, 1.82) is 0 Å². The highest BCUT2D eigenvalue weighted by molar-refractivity contribution is 5.85. The Labute approximate surface area is 226 Å². The lowest BCUT2D eigenvalue weighted by Crippen LogP contribution is -2.02. The first-order valence-corrected chi connectivity index (χ1v) is 14.1. The molecule has 4 heteroatoms. The van der Waals surface area contributed by atoms with Crippen molar-refractivity contribution in [2.24, 2.45) is 33.7 Å². The Balaban J connectivity index is 2.05. The number of aliphatic imine (C=N–C) groups is 2. The van der Waals surface area contributed by atoms with Gasteiger partial charge < -0.3 is 10.2 Å². The van der Waals surface area contributed by atoms with Gasteiger partial charge in [0.2, 0.25) is 0 Å². The van der Waals surface area contributed by atoms with Gasteiger partial charge in [-0.3, -0.25) is 9.98 Å². The smallest absolute Gasteiger partial charge is 0.127 e. The summed E-state index contributed by atoms with van der Waals surface area (Å²) in [5.74, 6) is 2.80. The second kappa shape index (κ2) is 15.0. The highest BCUT2D eigenvalue weighted by Gasteiger charge is 2.13. The van der Waals surface area contributed by atoms with Crippen molar-refractivity contribution in [2.75, 3.05) is 13.1 Å². The third-order valence-corrected chi connectivity index (χ3v) is 6.14. The molecule has 204 valence electrons. The first-order valence-electron chi connectivity index (χ1n) is 14.1. The summed E-state index contributed by atoms with van der Waals surface area (Å²) >= 11 is 0. The molecule has 4 nitrogen and oxygen atoms in total. The molecule has 0 bridgehead atoms. The van der Waals surface area contributed by atoms with E-state index in [-0.39, 0.29) is 0 Å². The molecular weight excluding hydrogens is 456 g/mol. The molecule has 0 aliphatic rings. The van der Waals surface area contributed by atoms with Crippen LogP contribution in [0.5, 0.6) is 11.5 Å². The normalized spacial score (nSPS) is 12.4. The van der Waals surface area contributed by atoms with Gasteiger partial charge in [0.25, 0.3) is 0 Å². The number of rotatable bonds is 14. The summed E-state index contributed by atoms with van der Waals surface area (Å²) in [5.41, 5.74) is 6.14. The van der Waals surface area contributed by atoms with Gasteiger partial charge in [0.1, 0.15) is 11.5 Å². The van der Waals surface area contributed by atoms with E-state index >= 15 is 0 Å². The van der Waals surface area contributed by atoms with E-state index in [1.807, 2.05) is 12.4 Å². The van der Waals surface area contributed by atoms with Gasteiger partial charge in [0.15, 0.2) is 0 Å². The first kappa shape index (κ1) is 30.6. The van der Waals surface area contributed by atoms with E-state index in [4.69, 9.17) is 0 Å². The predicted molar refractivity (Wildman–Crippen MR) is 160 cm³/mol. The van der Waals surface area contributed by atoms with Crippen molar-refractivity contribution in [3.63, 3.8) is 0 Å². The van der Waals surface area contributed by atoms with Crippen LogP contribution in [0.15, 0.2) is 34.3 Å². The van der Waals surface area contributed by atoms with Crippen LogP contribution in [0.4, 0.5) is 0 Å². The molecule has 0 saturated carbocycles. The van der Waals surface area contributed by atoms with Gasteiger partial charge >= 0.3 is 0 Å². The van der Waals surface area contributed by atoms with Crippen LogP contribution in [-0.4, -0.2) is 35.7 Å². The van der Waals surface area contributed by atoms with E-state index in [1.165, 1.54) is 11.1 Å². The number of aromatic hydroxyl groups is 2. The molecule has 0 unspecified atom stereocenters. The second-order valence-corrected chi connectivity index (χ2v) is 12.2. The maximum Gasteiger partial charge on any atom is 0.127 e. The third-order valence-electron chi connectivity index (χ3n) is 6.14. The SMILES string of the molecule is CC(C)Cc1cc(C=NCCCN=Cc2cc(CC(C)C)cc(CC(C)C)c2O)c(O)c(CC(C)C)c1. The minimum Gasteiger partial charge on any atom is -0.507 e. The molecule has 0 aliphatic carbocycles. The highest BCUT2D eigenvalue weighted by Crippen LogP contribution is 2.28. The van der Waals surface area contributed by atoms with Crippen molar-refractivity contribution in [3.05, 3.63) is 57.6 Å². The van der Waals surface area contributed by atoms with E-state index < -0.39 is 0 Å². The second-order valence-electron chi connectivity index (χ2n) is 12.2. The molecule has 2 rings (SSSR count). The topological polar surface area (TPSA) is 65.2 Å². The summed E-state index contributed by atoms with van der Waals surface area (Å²) in [4.78, 5) is 9.18. The molecule has 2 aromatic carbocycles. The van der Waals surface area contributed by atoms with E-state index in [9.17, 15) is 10.2 Å². The summed E-state index contributed by atoms with van der Waals surface area (Å²) in [7, 11) is 0. The molecule has 0 heterocycles. The van der Waals surface area contributed by atoms with Crippen LogP contribution in [0.1, 0.15) is 95.2 Å². The summed E-state index contributed by atoms with van der Waals surface area (Å²) in [5, 5.41) is 21.6. The van der Waals surface area contributed by atoms with Gasteiger partial charge in [-0.2, -0.15) is 0 Å². The maximum absolute atomic E-state index is 10.8. The van der Waals surface area contributed by atoms with Crippen LogP contribution in [0.25, 0.3) is 0 Å². The van der Waals surface area contributed by atoms with Gasteiger partial charge in [0, 0.05) is 36.6 Å². The van der Waals surface area contributed by atoms with Crippen molar-refractivity contribution in [1.82, 2.24) is 0 Å². The molecule has 37 heavy (non-hydrogen) atoms. The Morgan fingerprint density at radius 3 is 1.24 bits per heavy atom. The van der Waals surface area contributed by atoms with Crippen LogP contribution < -0.4 is 0 Å². The molecule has 0 aliphatic heterocycles. The van der Waals surface area contributed by atoms with Crippen LogP contribution >= 0.6 is 0 Å². The Morgan fingerprint density at radius 2 is 0.919 bits per heavy atom. The quantitative estimate of drug-likeness (QED) is 0.203. The largest absolute Gasteiger partial charge is 0.507 e. The lowest BCUT2D eigenvalue weighted by atomic mass is 9.94. The number of hydrogen-bond acceptors (Lipinski definition) is 4. The molecule has 0 saturated heterocycles. The number of phenols is 2. The Morgan fingerprint density at radius 1 is 0.568 bits per heavy atom. The minimum atomic E-state index is 0.358. The van der Waals surface area contributed by atoms with Crippen molar-refractivity contribution < 1.29 is 10.2 Å². The van der Waals surface area contributed by atoms with Gasteiger partial charge in [-0.05, 0) is 90.2 Å². The van der Waals surface area contributed by atoms with Gasteiger partial charge in [0.05, 0.1) is 0 Å². The fourth-order valence-corrected chi connectivity index (χ4v) is 4.72. The van der Waals surface area contributed by atoms with Gasteiger partial charge in [-0.1, -0.05) is 67.5 Å². The zero-order chi connectivity index (χ0) is 27.5. The fraction of sp³-hybridized carbons (Fsp3) is 0.576. The predicted octanol–water partition coefficient (Wildman–Crippen LogP) is 7.82. The Kier molecular flexibility index (Phi) is 12.4. The van der Waals surface area contributed by atoms with Gasteiger partial charge in [-0.15, -0.1) is 0 Å². The molecular formula is C33H50N2O2. The number of hydrogen-bond donors (Lipinski definition) is 2. The van der Waals surface area contributed by atoms with Crippen molar-refractivity contribution in [2.45, 2.75) is 87.5 Å². The van der Waals surface area contributed by atoms with E-state index in [2.05, 4.69) is 89.6 Å². The standard InChI is InChI=1S/C33H50N2O2/c1-22(2)12-26-16-28(14-24(5)6)32(36)30(18-26)20-34-10-9-11-35-21-31-19-27(13-23(3)4)17-29(33(31)37)15-25(7)8/h16-25,36-37H,9-15H2,1-8H3. The van der Waals surface area contributed by atoms with Gasteiger partial charge in [-0.25, -0.2) is 0 Å². The summed E-state index contributed by atoms with van der Waals surface area (Å²) in [6, 6.07) is 8.45. The molecule has 2 N–H and O–H groups in total. The molecule has 0 spiro atoms. The zero-order valence-corrected chi connectivity index (χ0v) is 24.5. The maximum atomic E-state index is 10.8. The zero-order valence-electron chi connectivity index (χ0n) is 24.5. The van der Waals surface area contributed by atoms with Crippen LogP contribution in [-0.2, 0) is 25.7 Å². The molecule has 0 atom stereocenters. The number of nitrogens with zero attached hydrogens (tertiary/aromatic N) is 2. The van der Waals surface area contributed by atoms with Crippen LogP contribution in [0.2, 0.25) is 0 Å². The van der Waals surface area contributed by atoms with Crippen LogP contribution in [0.3, 0.4) is 0 Å². The average Bonchev–Trinajstić information content (AvgIpc) is 2.77. The summed E-state index contributed by atoms with van der Waals surface area (Å²) < 4.78 is 0. The first-order chi connectivity index (χ1) is 17.5. The average molecular weight is 507 g/mol. The van der Waals surface area contributed by atoms with Crippen molar-refractivity contribution in [3.8, 4) is 11.5 Å². The molecule has 0 amide bonds. The third kappa shape index (κ3) is 10.7. The minimum absolute atomic E-state index is 0.358. The summed E-state index contributed by atoms with van der Waals surface area (Å²) in [6.45, 7) is 18.9. The molecule has 0 aromatic heterocycles. The Bertz CT molecular complexity index is 965. The fourth-order valence-electron chi connectivity index (χ4n) is 4.72. The molecule has 0 fully saturated rings. The van der Waals surface area contributed by atoms with Crippen molar-refractivity contribution >= 4 is 12.4 Å². The lowest BCUT2D eigenvalue weighted by molar-refractivity contribution is 0.460. The van der Waals surface area contributed by atoms with Crippen LogP contribution in [0, 0.1) is 23.7 Å². The summed E-state index contributed by atoms with van der Waals surface area (Å²) in [6.07, 6.45) is 8.13. The van der Waals surface area contributed by atoms with E-state index in [0.29, 0.717) is 48.3 Å². The van der Waals surface area contributed by atoms with E-state index in [1.54, 1.807) is 0 Å². The highest BCUT2D eigenvalue weighted by atomic mass is 16.3. The number of phenolic OH excluding ortho intramolecular Hbond substituents is 2. The number of benzene rings is 2.